The zero-order chi connectivity index (χ0) is 17.8. The molecule has 0 amide bonds. The van der Waals surface area contributed by atoms with Crippen molar-refractivity contribution in [1.29, 1.82) is 0 Å². The molecule has 2 aromatic heterocycles. The second kappa shape index (κ2) is 7.67. The summed E-state index contributed by atoms with van der Waals surface area (Å²) in [4.78, 5) is 12.9. The van der Waals surface area contributed by atoms with Crippen LogP contribution >= 0.6 is 0 Å². The van der Waals surface area contributed by atoms with Gasteiger partial charge in [-0.2, -0.15) is 0 Å². The summed E-state index contributed by atoms with van der Waals surface area (Å²) in [6.45, 7) is 4.01. The molecule has 132 valence electrons. The summed E-state index contributed by atoms with van der Waals surface area (Å²) in [5.74, 6) is -0.321. The van der Waals surface area contributed by atoms with Crippen molar-refractivity contribution in [3.05, 3.63) is 42.7 Å². The lowest BCUT2D eigenvalue weighted by Crippen LogP contribution is -2.14. The number of hydrogen-bond acceptors (Lipinski definition) is 5. The highest BCUT2D eigenvalue weighted by Crippen LogP contribution is 2.32. The molecule has 25 heavy (non-hydrogen) atoms. The van der Waals surface area contributed by atoms with E-state index in [-0.39, 0.29) is 24.8 Å². The first-order valence-electron chi connectivity index (χ1n) is 8.46. The van der Waals surface area contributed by atoms with E-state index in [0.717, 1.165) is 12.8 Å². The van der Waals surface area contributed by atoms with Crippen molar-refractivity contribution in [1.82, 2.24) is 19.5 Å². The summed E-state index contributed by atoms with van der Waals surface area (Å²) in [6, 6.07) is 6.25. The van der Waals surface area contributed by atoms with Gasteiger partial charge >= 0.3 is 0 Å². The number of ether oxygens (including phenoxy) is 1. The number of imidazole rings is 1. The van der Waals surface area contributed by atoms with E-state index in [2.05, 4.69) is 15.0 Å². The molecule has 3 heterocycles. The molecule has 3 aromatic rings. The molecule has 1 aromatic carbocycles. The Morgan fingerprint density at radius 1 is 1.24 bits per heavy atom. The monoisotopic (exact) mass is 344 g/mol. The van der Waals surface area contributed by atoms with E-state index in [9.17, 15) is 9.50 Å². The van der Waals surface area contributed by atoms with Gasteiger partial charge in [0.1, 0.15) is 29.6 Å². The third-order valence-electron chi connectivity index (χ3n) is 4.06. The first kappa shape index (κ1) is 17.4. The van der Waals surface area contributed by atoms with Gasteiger partial charge < -0.3 is 9.84 Å². The number of hydrogen-bond donors (Lipinski definition) is 1. The van der Waals surface area contributed by atoms with E-state index in [1.54, 1.807) is 18.5 Å². The van der Waals surface area contributed by atoms with Crippen LogP contribution in [0.25, 0.3) is 22.4 Å². The molecule has 1 saturated heterocycles. The number of nitrogens with zero attached hydrogens (tertiary/aromatic N) is 4. The van der Waals surface area contributed by atoms with Crippen LogP contribution in [0.5, 0.6) is 0 Å². The van der Waals surface area contributed by atoms with E-state index in [1.807, 2.05) is 18.4 Å². The van der Waals surface area contributed by atoms with Gasteiger partial charge in [-0.15, -0.1) is 0 Å². The standard InChI is InChI=1S/C16H15FN4O2.C2H6/c17-11-3-1-2-10(6-11)14-15-16(19-8-18-14)21(9-20-15)13-5-4-12(7-22)23-13;1-2/h1-3,6,8-9,12-13,22H,4-5,7H2;1-2H3. The predicted octanol–water partition coefficient (Wildman–Crippen LogP) is 3.33. The maximum Gasteiger partial charge on any atom is 0.165 e. The number of rotatable bonds is 3. The lowest BCUT2D eigenvalue weighted by atomic mass is 10.1. The smallest absolute Gasteiger partial charge is 0.165 e. The molecular weight excluding hydrogens is 323 g/mol. The Morgan fingerprint density at radius 3 is 2.80 bits per heavy atom. The van der Waals surface area contributed by atoms with Crippen LogP contribution in [0.2, 0.25) is 0 Å². The highest BCUT2D eigenvalue weighted by Gasteiger charge is 2.27. The van der Waals surface area contributed by atoms with Crippen LogP contribution in [-0.2, 0) is 4.74 Å². The zero-order valence-corrected chi connectivity index (χ0v) is 14.3. The highest BCUT2D eigenvalue weighted by molar-refractivity contribution is 5.87. The van der Waals surface area contributed by atoms with Gasteiger partial charge in [0.2, 0.25) is 0 Å². The number of halogens is 1. The fourth-order valence-electron chi connectivity index (χ4n) is 2.94. The zero-order valence-electron chi connectivity index (χ0n) is 14.3. The number of aliphatic hydroxyl groups excluding tert-OH is 1. The van der Waals surface area contributed by atoms with Crippen molar-refractivity contribution < 1.29 is 14.2 Å². The van der Waals surface area contributed by atoms with Gasteiger partial charge in [-0.1, -0.05) is 26.0 Å². The average Bonchev–Trinajstić information content (AvgIpc) is 3.29. The van der Waals surface area contributed by atoms with Crippen molar-refractivity contribution >= 4 is 11.2 Å². The summed E-state index contributed by atoms with van der Waals surface area (Å²) in [5.41, 5.74) is 2.49. The second-order valence-electron chi connectivity index (χ2n) is 5.53. The normalized spacial score (nSPS) is 19.7. The summed E-state index contributed by atoms with van der Waals surface area (Å²) < 4.78 is 21.1. The van der Waals surface area contributed by atoms with Crippen LogP contribution in [-0.4, -0.2) is 37.3 Å². The molecule has 2 atom stereocenters. The molecule has 6 nitrogen and oxygen atoms in total. The van der Waals surface area contributed by atoms with Gasteiger partial charge in [0, 0.05) is 5.56 Å². The van der Waals surface area contributed by atoms with Crippen molar-refractivity contribution in [3.8, 4) is 11.3 Å². The fraction of sp³-hybridized carbons (Fsp3) is 0.389. The van der Waals surface area contributed by atoms with Crippen LogP contribution < -0.4 is 0 Å². The maximum absolute atomic E-state index is 13.5. The van der Waals surface area contributed by atoms with E-state index in [0.29, 0.717) is 22.4 Å². The molecule has 1 aliphatic heterocycles. The summed E-state index contributed by atoms with van der Waals surface area (Å²) in [5, 5.41) is 9.20. The summed E-state index contributed by atoms with van der Waals surface area (Å²) in [6.07, 6.45) is 4.33. The second-order valence-corrected chi connectivity index (χ2v) is 5.53. The van der Waals surface area contributed by atoms with Crippen molar-refractivity contribution in [2.75, 3.05) is 6.61 Å². The Hall–Kier alpha value is -2.38. The van der Waals surface area contributed by atoms with Crippen LogP contribution in [0, 0.1) is 5.82 Å². The van der Waals surface area contributed by atoms with Gasteiger partial charge in [0.25, 0.3) is 0 Å². The molecule has 7 heteroatoms. The average molecular weight is 344 g/mol. The van der Waals surface area contributed by atoms with Crippen molar-refractivity contribution in [3.63, 3.8) is 0 Å². The largest absolute Gasteiger partial charge is 0.394 e. The minimum atomic E-state index is -0.321. The lowest BCUT2D eigenvalue weighted by molar-refractivity contribution is -0.0207. The minimum Gasteiger partial charge on any atom is -0.394 e. The molecule has 0 bridgehead atoms. The Bertz CT molecular complexity index is 852. The molecule has 0 saturated carbocycles. The molecule has 0 spiro atoms. The third-order valence-corrected chi connectivity index (χ3v) is 4.06. The number of benzene rings is 1. The van der Waals surface area contributed by atoms with Crippen LogP contribution in [0.1, 0.15) is 32.9 Å². The van der Waals surface area contributed by atoms with Gasteiger partial charge in [0.15, 0.2) is 5.65 Å². The van der Waals surface area contributed by atoms with Crippen molar-refractivity contribution in [2.24, 2.45) is 0 Å². The Labute approximate surface area is 145 Å². The van der Waals surface area contributed by atoms with E-state index in [4.69, 9.17) is 4.74 Å². The van der Waals surface area contributed by atoms with Gasteiger partial charge in [-0.05, 0) is 25.0 Å². The molecule has 0 aliphatic carbocycles. The van der Waals surface area contributed by atoms with E-state index < -0.39 is 0 Å². The Kier molecular flexibility index (Phi) is 5.35. The first-order chi connectivity index (χ1) is 12.3. The topological polar surface area (TPSA) is 73.1 Å². The highest BCUT2D eigenvalue weighted by atomic mass is 19.1. The van der Waals surface area contributed by atoms with Crippen LogP contribution in [0.3, 0.4) is 0 Å². The predicted molar refractivity (Wildman–Crippen MR) is 92.3 cm³/mol. The van der Waals surface area contributed by atoms with Gasteiger partial charge in [0.05, 0.1) is 19.0 Å². The molecular formula is C18H21FN4O2. The quantitative estimate of drug-likeness (QED) is 0.789. The molecule has 0 radical (unpaired) electrons. The lowest BCUT2D eigenvalue weighted by Gasteiger charge is -2.13. The molecule has 1 fully saturated rings. The Morgan fingerprint density at radius 2 is 2.08 bits per heavy atom. The van der Waals surface area contributed by atoms with Crippen LogP contribution in [0.15, 0.2) is 36.9 Å². The van der Waals surface area contributed by atoms with Gasteiger partial charge in [-0.3, -0.25) is 4.57 Å². The van der Waals surface area contributed by atoms with Crippen LogP contribution in [0.4, 0.5) is 4.39 Å². The third kappa shape index (κ3) is 3.38. The minimum absolute atomic E-state index is 0.00660. The fourth-order valence-corrected chi connectivity index (χ4v) is 2.94. The molecule has 1 N–H and O–H groups in total. The van der Waals surface area contributed by atoms with E-state index in [1.165, 1.54) is 18.5 Å². The maximum atomic E-state index is 13.5. The van der Waals surface area contributed by atoms with Crippen molar-refractivity contribution in [2.45, 2.75) is 39.0 Å². The van der Waals surface area contributed by atoms with E-state index >= 15 is 0 Å². The molecule has 1 aliphatic rings. The molecule has 2 unspecified atom stereocenters. The number of aliphatic hydroxyl groups is 1. The SMILES string of the molecule is CC.OCC1CCC(n2cnc3c(-c4cccc(F)c4)ncnc32)O1. The van der Waals surface area contributed by atoms with Gasteiger partial charge in [-0.25, -0.2) is 19.3 Å². The summed E-state index contributed by atoms with van der Waals surface area (Å²) in [7, 11) is 0. The first-order valence-corrected chi connectivity index (χ1v) is 8.46. The number of aromatic nitrogens is 4. The summed E-state index contributed by atoms with van der Waals surface area (Å²) >= 11 is 0. The molecule has 4 rings (SSSR count). The number of fused-ring (bicyclic) bond motifs is 1. The Balaban J connectivity index is 0.000000880.